The van der Waals surface area contributed by atoms with E-state index in [0.29, 0.717) is 0 Å². The molecule has 3 N–H and O–H groups in total. The molecule has 0 bridgehead atoms. The van der Waals surface area contributed by atoms with Crippen LogP contribution in [-0.2, 0) is 4.74 Å². The maximum Gasteiger partial charge on any atom is 0.260 e. The van der Waals surface area contributed by atoms with Crippen molar-refractivity contribution in [2.24, 2.45) is 5.11 Å². The highest BCUT2D eigenvalue weighted by molar-refractivity contribution is 5.74. The summed E-state index contributed by atoms with van der Waals surface area (Å²) in [5.41, 5.74) is 6.11. The van der Waals surface area contributed by atoms with Gasteiger partial charge in [-0.05, 0) is 11.6 Å². The Balaban J connectivity index is 2.10. The molecule has 4 atom stereocenters. The standard InChI is InChI=1S/C11H11FN6O4/c12-6-7(20)11(3-19,16-17-13)22-10(6)18-2-1-5-8(18)14-4-15-9(5)21/h1-2,4,6-7,10,19-20H,3H2,(H,14,15,21)/t6-,7-,10+,11?/m0/s1. The van der Waals surface area contributed by atoms with E-state index in [0.717, 1.165) is 6.33 Å². The number of rotatable bonds is 3. The normalized spacial score (nSPS) is 31.3. The van der Waals surface area contributed by atoms with Crippen LogP contribution < -0.4 is 5.56 Å². The van der Waals surface area contributed by atoms with Crippen molar-refractivity contribution in [2.45, 2.75) is 24.2 Å². The molecule has 1 unspecified atom stereocenters. The van der Waals surface area contributed by atoms with Crippen molar-refractivity contribution in [3.63, 3.8) is 0 Å². The molecule has 22 heavy (non-hydrogen) atoms. The highest BCUT2D eigenvalue weighted by Gasteiger charge is 2.56. The molecule has 0 aromatic carbocycles. The van der Waals surface area contributed by atoms with Gasteiger partial charge in [-0.15, -0.1) is 0 Å². The van der Waals surface area contributed by atoms with Crippen LogP contribution in [0, 0.1) is 0 Å². The molecule has 1 saturated heterocycles. The minimum absolute atomic E-state index is 0.137. The number of aliphatic hydroxyl groups excluding tert-OH is 2. The van der Waals surface area contributed by atoms with Crippen LogP contribution in [0.25, 0.3) is 21.5 Å². The molecule has 1 aliphatic rings. The Kier molecular flexibility index (Phi) is 3.34. The van der Waals surface area contributed by atoms with Crippen molar-refractivity contribution in [3.8, 4) is 0 Å². The monoisotopic (exact) mass is 310 g/mol. The molecule has 10 nitrogen and oxygen atoms in total. The molecule has 0 aliphatic carbocycles. The van der Waals surface area contributed by atoms with Crippen LogP contribution >= 0.6 is 0 Å². The summed E-state index contributed by atoms with van der Waals surface area (Å²) in [5.74, 6) is 0. The fourth-order valence-electron chi connectivity index (χ4n) is 2.47. The van der Waals surface area contributed by atoms with Gasteiger partial charge >= 0.3 is 0 Å². The molecule has 0 saturated carbocycles. The second-order valence-electron chi connectivity index (χ2n) is 4.78. The van der Waals surface area contributed by atoms with Crippen molar-refractivity contribution in [2.75, 3.05) is 6.61 Å². The number of nitrogens with one attached hydrogen (secondary N) is 1. The first kappa shape index (κ1) is 14.5. The van der Waals surface area contributed by atoms with Gasteiger partial charge in [0.05, 0.1) is 18.3 Å². The van der Waals surface area contributed by atoms with Crippen molar-refractivity contribution in [1.82, 2.24) is 14.5 Å². The Morgan fingerprint density at radius 2 is 2.45 bits per heavy atom. The molecule has 2 aromatic heterocycles. The van der Waals surface area contributed by atoms with Gasteiger partial charge in [0.1, 0.15) is 11.8 Å². The van der Waals surface area contributed by atoms with Crippen molar-refractivity contribution < 1.29 is 19.3 Å². The summed E-state index contributed by atoms with van der Waals surface area (Å²) in [7, 11) is 0. The van der Waals surface area contributed by atoms with Crippen LogP contribution in [0.2, 0.25) is 0 Å². The van der Waals surface area contributed by atoms with Gasteiger partial charge in [0, 0.05) is 11.1 Å². The van der Waals surface area contributed by atoms with Gasteiger partial charge in [0.15, 0.2) is 12.4 Å². The van der Waals surface area contributed by atoms with E-state index in [-0.39, 0.29) is 11.0 Å². The highest BCUT2D eigenvalue weighted by Crippen LogP contribution is 2.40. The zero-order valence-corrected chi connectivity index (χ0v) is 11.0. The van der Waals surface area contributed by atoms with Crippen LogP contribution in [0.1, 0.15) is 6.23 Å². The van der Waals surface area contributed by atoms with Crippen LogP contribution in [-0.4, -0.2) is 49.4 Å². The second kappa shape index (κ2) is 5.07. The molecule has 0 amide bonds. The number of aliphatic hydroxyl groups is 2. The maximum atomic E-state index is 14.4. The van der Waals surface area contributed by atoms with Crippen LogP contribution in [0.15, 0.2) is 28.5 Å². The molecular formula is C11H11FN6O4. The molecule has 3 rings (SSSR count). The minimum atomic E-state index is -2.13. The Hall–Kier alpha value is -2.46. The van der Waals surface area contributed by atoms with E-state index in [1.807, 2.05) is 0 Å². The number of aromatic nitrogens is 3. The Bertz CT molecular complexity index is 814. The maximum absolute atomic E-state index is 14.4. The number of hydrogen-bond acceptors (Lipinski definition) is 6. The number of halogens is 1. The fraction of sp³-hybridized carbons (Fsp3) is 0.455. The Morgan fingerprint density at radius 3 is 3.14 bits per heavy atom. The quantitative estimate of drug-likeness (QED) is 0.413. The number of ether oxygens (including phenoxy) is 1. The van der Waals surface area contributed by atoms with Gasteiger partial charge in [0.25, 0.3) is 5.56 Å². The van der Waals surface area contributed by atoms with Crippen LogP contribution in [0.3, 0.4) is 0 Å². The lowest BCUT2D eigenvalue weighted by atomic mass is 10.1. The smallest absolute Gasteiger partial charge is 0.260 e. The van der Waals surface area contributed by atoms with Crippen molar-refractivity contribution in [1.29, 1.82) is 0 Å². The summed E-state index contributed by atoms with van der Waals surface area (Å²) >= 11 is 0. The topological polar surface area (TPSA) is 149 Å². The van der Waals surface area contributed by atoms with E-state index in [2.05, 4.69) is 20.0 Å². The fourth-order valence-corrected chi connectivity index (χ4v) is 2.47. The number of azide groups is 1. The van der Waals surface area contributed by atoms with Crippen LogP contribution in [0.4, 0.5) is 4.39 Å². The molecule has 0 spiro atoms. The molecule has 0 radical (unpaired) electrons. The number of H-pyrrole nitrogens is 1. The van der Waals surface area contributed by atoms with E-state index in [4.69, 9.17) is 10.3 Å². The molecule has 1 fully saturated rings. The summed E-state index contributed by atoms with van der Waals surface area (Å²) in [4.78, 5) is 20.4. The Labute approximate surface area is 121 Å². The summed E-state index contributed by atoms with van der Waals surface area (Å²) in [6, 6.07) is 1.41. The van der Waals surface area contributed by atoms with E-state index in [1.165, 1.54) is 16.8 Å². The molecular weight excluding hydrogens is 299 g/mol. The molecule has 1 aliphatic heterocycles. The van der Waals surface area contributed by atoms with E-state index >= 15 is 0 Å². The highest BCUT2D eigenvalue weighted by atomic mass is 19.1. The number of hydrogen-bond donors (Lipinski definition) is 3. The molecule has 11 heteroatoms. The summed E-state index contributed by atoms with van der Waals surface area (Å²) < 4.78 is 20.8. The lowest BCUT2D eigenvalue weighted by molar-refractivity contribution is -0.122. The third kappa shape index (κ3) is 1.88. The van der Waals surface area contributed by atoms with Crippen LogP contribution in [0.5, 0.6) is 0 Å². The first-order valence-electron chi connectivity index (χ1n) is 6.25. The number of nitrogens with zero attached hydrogens (tertiary/aromatic N) is 5. The molecule has 3 heterocycles. The van der Waals surface area contributed by atoms with Crippen molar-refractivity contribution >= 4 is 11.0 Å². The third-order valence-electron chi connectivity index (χ3n) is 3.59. The predicted octanol–water partition coefficient (Wildman–Crippen LogP) is -0.0487. The van der Waals surface area contributed by atoms with Gasteiger partial charge in [-0.2, -0.15) is 0 Å². The Morgan fingerprint density at radius 1 is 1.68 bits per heavy atom. The first-order chi connectivity index (χ1) is 10.5. The second-order valence-corrected chi connectivity index (χ2v) is 4.78. The number of alkyl halides is 1. The van der Waals surface area contributed by atoms with Gasteiger partial charge in [-0.1, -0.05) is 5.11 Å². The predicted molar refractivity (Wildman–Crippen MR) is 70.3 cm³/mol. The van der Waals surface area contributed by atoms with E-state index in [9.17, 15) is 19.4 Å². The van der Waals surface area contributed by atoms with Gasteiger partial charge < -0.3 is 24.5 Å². The van der Waals surface area contributed by atoms with E-state index in [1.54, 1.807) is 0 Å². The zero-order valence-electron chi connectivity index (χ0n) is 11.0. The average molecular weight is 310 g/mol. The summed E-state index contributed by atoms with van der Waals surface area (Å²) in [5, 5.41) is 22.6. The molecule has 116 valence electrons. The summed E-state index contributed by atoms with van der Waals surface area (Å²) in [6.45, 7) is -0.900. The average Bonchev–Trinajstić information content (AvgIpc) is 3.04. The van der Waals surface area contributed by atoms with Gasteiger partial charge in [0.2, 0.25) is 5.72 Å². The lowest BCUT2D eigenvalue weighted by Gasteiger charge is -2.23. The van der Waals surface area contributed by atoms with Gasteiger partial charge in [-0.25, -0.2) is 9.37 Å². The summed E-state index contributed by atoms with van der Waals surface area (Å²) in [6.07, 6.45) is -2.75. The molecule has 2 aromatic rings. The SMILES string of the molecule is [N-]=[N+]=NC1(CO)O[C@@H](n2ccc3c(=O)[nH]cnc32)[C@@H](F)[C@@H]1O. The van der Waals surface area contributed by atoms with E-state index < -0.39 is 36.4 Å². The minimum Gasteiger partial charge on any atom is -0.393 e. The van der Waals surface area contributed by atoms with Crippen molar-refractivity contribution in [3.05, 3.63) is 39.4 Å². The van der Waals surface area contributed by atoms with Gasteiger partial charge in [-0.3, -0.25) is 4.79 Å². The lowest BCUT2D eigenvalue weighted by Crippen LogP contribution is -2.43. The largest absolute Gasteiger partial charge is 0.393 e. The zero-order chi connectivity index (χ0) is 15.9. The number of aromatic amines is 1. The first-order valence-corrected chi connectivity index (χ1v) is 6.25. The third-order valence-corrected chi connectivity index (χ3v) is 3.59. The number of fused-ring (bicyclic) bond motifs is 1.